The van der Waals surface area contributed by atoms with Gasteiger partial charge in [0.15, 0.2) is 0 Å². The van der Waals surface area contributed by atoms with E-state index in [9.17, 15) is 4.79 Å². The fourth-order valence-electron chi connectivity index (χ4n) is 3.67. The van der Waals surface area contributed by atoms with Crippen molar-refractivity contribution in [3.63, 3.8) is 0 Å². The second kappa shape index (κ2) is 8.50. The predicted octanol–water partition coefficient (Wildman–Crippen LogP) is 5.03. The molecular formula is C22H21ClN4OS. The van der Waals surface area contributed by atoms with Crippen molar-refractivity contribution >= 4 is 44.7 Å². The third-order valence-electron chi connectivity index (χ3n) is 5.45. The monoisotopic (exact) mass is 424 g/mol. The molecule has 0 spiro atoms. The maximum atomic E-state index is 12.6. The Kier molecular flexibility index (Phi) is 5.81. The first-order valence-corrected chi connectivity index (χ1v) is 10.8. The fraction of sp³-hybridized carbons (Fsp3) is 0.318. The molecule has 1 aliphatic rings. The van der Waals surface area contributed by atoms with Crippen molar-refractivity contribution in [1.82, 2.24) is 9.88 Å². The summed E-state index contributed by atoms with van der Waals surface area (Å²) in [4.78, 5) is 19.6. The van der Waals surface area contributed by atoms with E-state index < -0.39 is 0 Å². The summed E-state index contributed by atoms with van der Waals surface area (Å²) < 4.78 is 1.17. The topological polar surface area (TPSA) is 69.0 Å². The van der Waals surface area contributed by atoms with Crippen molar-refractivity contribution in [3.8, 4) is 6.07 Å². The Morgan fingerprint density at radius 3 is 2.69 bits per heavy atom. The number of nitrogens with one attached hydrogen (secondary N) is 1. The van der Waals surface area contributed by atoms with Crippen molar-refractivity contribution in [2.75, 3.05) is 18.4 Å². The summed E-state index contributed by atoms with van der Waals surface area (Å²) in [5, 5.41) is 13.7. The van der Waals surface area contributed by atoms with Crippen LogP contribution in [0.5, 0.6) is 0 Å². The Labute approximate surface area is 178 Å². The molecule has 0 bridgehead atoms. The van der Waals surface area contributed by atoms with Gasteiger partial charge in [-0.3, -0.25) is 9.69 Å². The lowest BCUT2D eigenvalue weighted by atomic mass is 9.96. The number of halogens is 1. The third kappa shape index (κ3) is 4.43. The molecule has 1 aromatic heterocycles. The van der Waals surface area contributed by atoms with Crippen LogP contribution >= 0.6 is 22.9 Å². The van der Waals surface area contributed by atoms with Gasteiger partial charge in [0, 0.05) is 16.6 Å². The lowest BCUT2D eigenvalue weighted by Crippen LogP contribution is -2.45. The predicted molar refractivity (Wildman–Crippen MR) is 117 cm³/mol. The van der Waals surface area contributed by atoms with E-state index >= 15 is 0 Å². The highest BCUT2D eigenvalue weighted by Gasteiger charge is 2.28. The van der Waals surface area contributed by atoms with Crippen LogP contribution < -0.4 is 5.32 Å². The number of nitriles is 1. The quantitative estimate of drug-likeness (QED) is 0.637. The van der Waals surface area contributed by atoms with Gasteiger partial charge >= 0.3 is 0 Å². The van der Waals surface area contributed by atoms with Gasteiger partial charge in [0.2, 0.25) is 5.91 Å². The number of fused-ring (bicyclic) bond motifs is 1. The molecule has 0 unspecified atom stereocenters. The van der Waals surface area contributed by atoms with Gasteiger partial charge in [-0.2, -0.15) is 5.26 Å². The number of thiazole rings is 1. The maximum Gasteiger partial charge on any atom is 0.241 e. The minimum atomic E-state index is -0.208. The van der Waals surface area contributed by atoms with Gasteiger partial charge in [-0.25, -0.2) is 4.98 Å². The number of hydrogen-bond donors (Lipinski definition) is 1. The summed E-state index contributed by atoms with van der Waals surface area (Å²) in [6.45, 7) is 3.67. The minimum Gasteiger partial charge on any atom is -0.325 e. The molecule has 1 atom stereocenters. The largest absolute Gasteiger partial charge is 0.325 e. The molecule has 29 heavy (non-hydrogen) atoms. The first-order valence-electron chi connectivity index (χ1n) is 9.64. The molecular weight excluding hydrogens is 404 g/mol. The van der Waals surface area contributed by atoms with Crippen LogP contribution in [0.1, 0.15) is 36.3 Å². The number of carbonyl (C=O) groups is 1. The molecule has 1 fully saturated rings. The van der Waals surface area contributed by atoms with Gasteiger partial charge in [-0.1, -0.05) is 11.6 Å². The standard InChI is InChI=1S/C22H21ClN4OS/c1-14(21(28)25-18-5-2-15(13-24)3-6-18)27-10-8-16(9-11-27)22-26-19-12-17(23)4-7-20(19)29-22/h2-7,12,14,16H,8-11H2,1H3,(H,25,28)/t14-/m0/s1. The lowest BCUT2D eigenvalue weighted by molar-refractivity contribution is -0.121. The number of likely N-dealkylation sites (tertiary alicyclic amines) is 1. The number of nitrogens with zero attached hydrogens (tertiary/aromatic N) is 3. The summed E-state index contributed by atoms with van der Waals surface area (Å²) in [5.41, 5.74) is 2.26. The molecule has 0 radical (unpaired) electrons. The average molecular weight is 425 g/mol. The Balaban J connectivity index is 1.35. The van der Waals surface area contributed by atoms with Crippen LogP contribution in [-0.2, 0) is 4.79 Å². The molecule has 148 valence electrons. The molecule has 1 aliphatic heterocycles. The third-order valence-corrected chi connectivity index (χ3v) is 6.89. The molecule has 1 N–H and O–H groups in total. The van der Waals surface area contributed by atoms with E-state index in [4.69, 9.17) is 21.8 Å². The highest BCUT2D eigenvalue weighted by Crippen LogP contribution is 2.35. The molecule has 4 rings (SSSR count). The van der Waals surface area contributed by atoms with Crippen molar-refractivity contribution in [3.05, 3.63) is 58.1 Å². The zero-order valence-corrected chi connectivity index (χ0v) is 17.6. The zero-order valence-electron chi connectivity index (χ0n) is 16.1. The van der Waals surface area contributed by atoms with Gasteiger partial charge in [-0.05, 0) is 75.3 Å². The summed E-state index contributed by atoms with van der Waals surface area (Å²) >= 11 is 7.82. The van der Waals surface area contributed by atoms with E-state index in [-0.39, 0.29) is 11.9 Å². The van der Waals surface area contributed by atoms with Crippen LogP contribution in [0.3, 0.4) is 0 Å². The number of aromatic nitrogens is 1. The number of carbonyl (C=O) groups excluding carboxylic acids is 1. The van der Waals surface area contributed by atoms with Gasteiger partial charge in [0.1, 0.15) is 0 Å². The summed E-state index contributed by atoms with van der Waals surface area (Å²) in [7, 11) is 0. The van der Waals surface area contributed by atoms with E-state index in [1.165, 1.54) is 4.70 Å². The van der Waals surface area contributed by atoms with Gasteiger partial charge in [0.25, 0.3) is 0 Å². The minimum absolute atomic E-state index is 0.0252. The zero-order chi connectivity index (χ0) is 20.4. The molecule has 2 aromatic carbocycles. The van der Waals surface area contributed by atoms with E-state index in [0.717, 1.165) is 36.5 Å². The van der Waals surface area contributed by atoms with E-state index in [1.54, 1.807) is 35.6 Å². The highest BCUT2D eigenvalue weighted by atomic mass is 35.5. The van der Waals surface area contributed by atoms with E-state index in [1.807, 2.05) is 25.1 Å². The number of amides is 1. The second-order valence-corrected chi connectivity index (χ2v) is 8.83. The fourth-order valence-corrected chi connectivity index (χ4v) is 4.95. The van der Waals surface area contributed by atoms with Crippen LogP contribution in [0.25, 0.3) is 10.2 Å². The molecule has 0 saturated carbocycles. The van der Waals surface area contributed by atoms with Crippen LogP contribution in [0.15, 0.2) is 42.5 Å². The number of anilines is 1. The summed E-state index contributed by atoms with van der Waals surface area (Å²) in [5.74, 6) is 0.402. The van der Waals surface area contributed by atoms with Gasteiger partial charge in [-0.15, -0.1) is 11.3 Å². The smallest absolute Gasteiger partial charge is 0.241 e. The first-order chi connectivity index (χ1) is 14.0. The van der Waals surface area contributed by atoms with Crippen molar-refractivity contribution in [2.24, 2.45) is 0 Å². The first kappa shape index (κ1) is 19.8. The van der Waals surface area contributed by atoms with Crippen LogP contribution in [0.2, 0.25) is 5.02 Å². The Hall–Kier alpha value is -2.46. The summed E-state index contributed by atoms with van der Waals surface area (Å²) in [6, 6.07) is 14.7. The van der Waals surface area contributed by atoms with Gasteiger partial charge < -0.3 is 5.32 Å². The van der Waals surface area contributed by atoms with E-state index in [2.05, 4.69) is 16.3 Å². The van der Waals surface area contributed by atoms with Crippen molar-refractivity contribution < 1.29 is 4.79 Å². The summed E-state index contributed by atoms with van der Waals surface area (Å²) in [6.07, 6.45) is 1.98. The SMILES string of the molecule is C[C@@H](C(=O)Nc1ccc(C#N)cc1)N1CCC(c2nc3cc(Cl)ccc3s2)CC1. The lowest BCUT2D eigenvalue weighted by Gasteiger charge is -2.34. The molecule has 7 heteroatoms. The normalized spacial score (nSPS) is 16.4. The van der Waals surface area contributed by atoms with Crippen LogP contribution in [0, 0.1) is 11.3 Å². The maximum absolute atomic E-state index is 12.6. The van der Waals surface area contributed by atoms with Gasteiger partial charge in [0.05, 0.1) is 32.9 Å². The van der Waals surface area contributed by atoms with Crippen molar-refractivity contribution in [1.29, 1.82) is 5.26 Å². The van der Waals surface area contributed by atoms with E-state index in [0.29, 0.717) is 22.2 Å². The Morgan fingerprint density at radius 1 is 1.28 bits per heavy atom. The Morgan fingerprint density at radius 2 is 2.00 bits per heavy atom. The number of hydrogen-bond acceptors (Lipinski definition) is 5. The molecule has 5 nitrogen and oxygen atoms in total. The Bertz CT molecular complexity index is 1060. The highest BCUT2D eigenvalue weighted by molar-refractivity contribution is 7.18. The molecule has 0 aliphatic carbocycles. The molecule has 1 saturated heterocycles. The van der Waals surface area contributed by atoms with Crippen molar-refractivity contribution in [2.45, 2.75) is 31.7 Å². The number of benzene rings is 2. The van der Waals surface area contributed by atoms with Crippen LogP contribution in [-0.4, -0.2) is 34.9 Å². The molecule has 2 heterocycles. The van der Waals surface area contributed by atoms with Crippen LogP contribution in [0.4, 0.5) is 5.69 Å². The molecule has 3 aromatic rings. The average Bonchev–Trinajstić information content (AvgIpc) is 3.17. The second-order valence-electron chi connectivity index (χ2n) is 7.33. The number of piperidine rings is 1. The molecule has 1 amide bonds. The number of rotatable bonds is 4.